The van der Waals surface area contributed by atoms with Crippen molar-refractivity contribution in [3.8, 4) is 0 Å². The molecule has 2 aromatic carbocycles. The number of nitrogens with two attached hydrogens (primary N) is 2. The molecule has 32 heavy (non-hydrogen) atoms. The number of ether oxygens (including phenoxy) is 1. The fourth-order valence-corrected chi connectivity index (χ4v) is 2.72. The van der Waals surface area contributed by atoms with Crippen molar-refractivity contribution < 1.29 is 29.3 Å². The van der Waals surface area contributed by atoms with E-state index in [9.17, 15) is 29.8 Å². The zero-order valence-electron chi connectivity index (χ0n) is 17.5. The monoisotopic (exact) mass is 448 g/mol. The van der Waals surface area contributed by atoms with E-state index < -0.39 is 27.7 Å². The minimum Gasteiger partial charge on any atom is -0.481 e. The summed E-state index contributed by atoms with van der Waals surface area (Å²) in [6, 6.07) is 8.35. The molecule has 12 heteroatoms. The molecule has 0 saturated heterocycles. The summed E-state index contributed by atoms with van der Waals surface area (Å²) in [4.78, 5) is 42.1. The highest BCUT2D eigenvalue weighted by Crippen LogP contribution is 2.28. The summed E-state index contributed by atoms with van der Waals surface area (Å²) >= 11 is 0. The maximum atomic E-state index is 11.2. The molecular formula is C20H24N4O8. The molecule has 172 valence electrons. The first-order valence-electron chi connectivity index (χ1n) is 9.46. The van der Waals surface area contributed by atoms with Crippen LogP contribution in [0, 0.1) is 20.2 Å². The average molecular weight is 448 g/mol. The standard InChI is InChI=1S/2C10H12N2O4/c1-2-16-10(13)6-7-3-4-8(11)9(5-7)12(14)15;1-2-7(10(13)14)6-3-4-8(11)9(5-6)12(15)16/h3-5H,2,6,11H2,1H3;3-5,7H,2,11H2,1H3,(H,13,14). The average Bonchev–Trinajstić information content (AvgIpc) is 2.71. The number of aliphatic carboxylic acids is 1. The summed E-state index contributed by atoms with van der Waals surface area (Å²) in [5.74, 6) is -2.15. The van der Waals surface area contributed by atoms with E-state index >= 15 is 0 Å². The van der Waals surface area contributed by atoms with Crippen LogP contribution in [0.5, 0.6) is 0 Å². The zero-order chi connectivity index (χ0) is 24.4. The van der Waals surface area contributed by atoms with Crippen LogP contribution in [0.2, 0.25) is 0 Å². The van der Waals surface area contributed by atoms with Crippen LogP contribution in [-0.2, 0) is 20.7 Å². The number of nitrogen functional groups attached to an aromatic ring is 2. The second-order valence-corrected chi connectivity index (χ2v) is 6.51. The number of carbonyl (C=O) groups excluding carboxylic acids is 1. The third-order valence-electron chi connectivity index (χ3n) is 4.31. The minimum atomic E-state index is -0.999. The van der Waals surface area contributed by atoms with E-state index in [1.807, 2.05) is 0 Å². The number of hydrogen-bond acceptors (Lipinski definition) is 9. The SMILES string of the molecule is CCC(C(=O)O)c1ccc(N)c([N+](=O)[O-])c1.CCOC(=O)Cc1ccc(N)c([N+](=O)[O-])c1. The summed E-state index contributed by atoms with van der Waals surface area (Å²) < 4.78 is 4.74. The molecule has 0 amide bonds. The highest BCUT2D eigenvalue weighted by Gasteiger charge is 2.21. The number of hydrogen-bond donors (Lipinski definition) is 3. The van der Waals surface area contributed by atoms with Crippen LogP contribution in [0.3, 0.4) is 0 Å². The Morgan fingerprint density at radius 2 is 1.53 bits per heavy atom. The number of carboxylic acids is 1. The Bertz CT molecular complexity index is 1010. The van der Waals surface area contributed by atoms with Crippen molar-refractivity contribution in [2.75, 3.05) is 18.1 Å². The van der Waals surface area contributed by atoms with Gasteiger partial charge in [0.05, 0.1) is 28.8 Å². The molecule has 0 fully saturated rings. The van der Waals surface area contributed by atoms with Gasteiger partial charge in [0.1, 0.15) is 11.4 Å². The lowest BCUT2D eigenvalue weighted by Crippen LogP contribution is -2.11. The number of esters is 1. The number of nitro benzene ring substituents is 2. The number of carboxylic acid groups (broad SMARTS) is 1. The Morgan fingerprint density at radius 3 is 2.00 bits per heavy atom. The lowest BCUT2D eigenvalue weighted by atomic mass is 9.96. The summed E-state index contributed by atoms with van der Waals surface area (Å²) in [5, 5.41) is 30.2. The molecule has 0 aliphatic rings. The molecule has 0 saturated carbocycles. The van der Waals surface area contributed by atoms with Crippen molar-refractivity contribution in [1.82, 2.24) is 0 Å². The summed E-state index contributed by atoms with van der Waals surface area (Å²) in [5.41, 5.74) is 11.4. The number of anilines is 2. The van der Waals surface area contributed by atoms with E-state index in [0.717, 1.165) is 0 Å². The molecule has 12 nitrogen and oxygen atoms in total. The maximum absolute atomic E-state index is 11.2. The minimum absolute atomic E-state index is 0.00889. The van der Waals surface area contributed by atoms with Crippen molar-refractivity contribution in [3.05, 3.63) is 67.8 Å². The maximum Gasteiger partial charge on any atom is 0.310 e. The largest absolute Gasteiger partial charge is 0.481 e. The zero-order valence-corrected chi connectivity index (χ0v) is 17.5. The van der Waals surface area contributed by atoms with Gasteiger partial charge in [0, 0.05) is 12.1 Å². The predicted octanol–water partition coefficient (Wildman–Crippen LogP) is 3.04. The molecule has 0 heterocycles. The highest BCUT2D eigenvalue weighted by atomic mass is 16.6. The van der Waals surface area contributed by atoms with Gasteiger partial charge in [-0.05, 0) is 36.6 Å². The highest BCUT2D eigenvalue weighted by molar-refractivity contribution is 5.77. The van der Waals surface area contributed by atoms with E-state index in [2.05, 4.69) is 0 Å². The smallest absolute Gasteiger partial charge is 0.310 e. The van der Waals surface area contributed by atoms with Crippen LogP contribution in [0.4, 0.5) is 22.7 Å². The third kappa shape index (κ3) is 7.23. The van der Waals surface area contributed by atoms with Crippen LogP contribution in [0.15, 0.2) is 36.4 Å². The van der Waals surface area contributed by atoms with Crippen LogP contribution >= 0.6 is 0 Å². The van der Waals surface area contributed by atoms with Gasteiger partial charge in [0.2, 0.25) is 0 Å². The van der Waals surface area contributed by atoms with Gasteiger partial charge < -0.3 is 21.3 Å². The second kappa shape index (κ2) is 11.8. The fourth-order valence-electron chi connectivity index (χ4n) is 2.72. The van der Waals surface area contributed by atoms with Crippen molar-refractivity contribution >= 4 is 34.7 Å². The Morgan fingerprint density at radius 1 is 1.00 bits per heavy atom. The van der Waals surface area contributed by atoms with Gasteiger partial charge in [-0.15, -0.1) is 0 Å². The van der Waals surface area contributed by atoms with E-state index in [1.54, 1.807) is 19.9 Å². The number of nitro groups is 2. The molecule has 0 aliphatic carbocycles. The summed E-state index contributed by atoms with van der Waals surface area (Å²) in [6.07, 6.45) is 0.380. The number of benzene rings is 2. The molecule has 2 aromatic rings. The molecule has 0 aliphatic heterocycles. The molecule has 1 unspecified atom stereocenters. The van der Waals surface area contributed by atoms with Gasteiger partial charge in [-0.1, -0.05) is 19.1 Å². The third-order valence-corrected chi connectivity index (χ3v) is 4.31. The quantitative estimate of drug-likeness (QED) is 0.233. The Hall–Kier alpha value is -4.22. The van der Waals surface area contributed by atoms with Crippen LogP contribution < -0.4 is 11.5 Å². The number of nitrogens with zero attached hydrogens (tertiary/aromatic N) is 2. The van der Waals surface area contributed by atoms with Crippen LogP contribution in [0.25, 0.3) is 0 Å². The summed E-state index contributed by atoms with van der Waals surface area (Å²) in [7, 11) is 0. The molecule has 0 spiro atoms. The lowest BCUT2D eigenvalue weighted by Gasteiger charge is -2.10. The number of carbonyl (C=O) groups is 2. The first-order chi connectivity index (χ1) is 15.0. The molecule has 5 N–H and O–H groups in total. The molecule has 2 rings (SSSR count). The van der Waals surface area contributed by atoms with Crippen LogP contribution in [-0.4, -0.2) is 33.5 Å². The van der Waals surface area contributed by atoms with Gasteiger partial charge in [-0.3, -0.25) is 29.8 Å². The van der Waals surface area contributed by atoms with Gasteiger partial charge in [0.15, 0.2) is 0 Å². The molecule has 0 bridgehead atoms. The molecule has 0 aromatic heterocycles. The van der Waals surface area contributed by atoms with E-state index in [0.29, 0.717) is 17.5 Å². The topological polar surface area (TPSA) is 202 Å². The lowest BCUT2D eigenvalue weighted by molar-refractivity contribution is -0.384. The Labute approximate surface area is 183 Å². The van der Waals surface area contributed by atoms with Crippen molar-refractivity contribution in [2.45, 2.75) is 32.6 Å². The van der Waals surface area contributed by atoms with Crippen molar-refractivity contribution in [1.29, 1.82) is 0 Å². The Kier molecular flexibility index (Phi) is 9.55. The summed E-state index contributed by atoms with van der Waals surface area (Å²) in [6.45, 7) is 3.69. The first kappa shape index (κ1) is 25.8. The number of rotatable bonds is 8. The van der Waals surface area contributed by atoms with Gasteiger partial charge in [0.25, 0.3) is 11.4 Å². The normalized spacial score (nSPS) is 10.9. The van der Waals surface area contributed by atoms with Gasteiger partial charge >= 0.3 is 11.9 Å². The molecular weight excluding hydrogens is 424 g/mol. The van der Waals surface area contributed by atoms with Crippen LogP contribution in [0.1, 0.15) is 37.3 Å². The fraction of sp³-hybridized carbons (Fsp3) is 0.300. The van der Waals surface area contributed by atoms with Gasteiger partial charge in [-0.25, -0.2) is 0 Å². The van der Waals surface area contributed by atoms with Gasteiger partial charge in [-0.2, -0.15) is 0 Å². The molecule has 1 atom stereocenters. The van der Waals surface area contributed by atoms with Crippen molar-refractivity contribution in [2.24, 2.45) is 0 Å². The van der Waals surface area contributed by atoms with E-state index in [-0.39, 0.29) is 35.8 Å². The second-order valence-electron chi connectivity index (χ2n) is 6.51. The Balaban J connectivity index is 0.000000320. The van der Waals surface area contributed by atoms with E-state index in [4.69, 9.17) is 21.3 Å². The first-order valence-corrected chi connectivity index (χ1v) is 9.46. The molecule has 0 radical (unpaired) electrons. The van der Waals surface area contributed by atoms with Crippen molar-refractivity contribution in [3.63, 3.8) is 0 Å². The predicted molar refractivity (Wildman–Crippen MR) is 116 cm³/mol. The van der Waals surface area contributed by atoms with E-state index in [1.165, 1.54) is 30.3 Å².